The van der Waals surface area contributed by atoms with E-state index in [-0.39, 0.29) is 15.1 Å². The van der Waals surface area contributed by atoms with E-state index in [9.17, 15) is 18.5 Å². The Bertz CT molecular complexity index is 789. The van der Waals surface area contributed by atoms with Gasteiger partial charge in [-0.1, -0.05) is 29.8 Å². The molecule has 0 saturated heterocycles. The van der Waals surface area contributed by atoms with Gasteiger partial charge in [-0.2, -0.15) is 0 Å². The minimum atomic E-state index is -3.96. The fraction of sp³-hybridized carbons (Fsp3) is 0.0909. The van der Waals surface area contributed by atoms with E-state index in [0.29, 0.717) is 22.6 Å². The van der Waals surface area contributed by atoms with Gasteiger partial charge in [0.2, 0.25) is 0 Å². The Balaban J connectivity index is 2.39. The first-order valence-electron chi connectivity index (χ1n) is 5.59. The van der Waals surface area contributed by atoms with Gasteiger partial charge in [0, 0.05) is 12.6 Å². The van der Waals surface area contributed by atoms with Crippen LogP contribution in [0.15, 0.2) is 34.5 Å². The molecule has 0 radical (unpaired) electrons. The summed E-state index contributed by atoms with van der Waals surface area (Å²) >= 11 is 6.30. The maximum absolute atomic E-state index is 12.2. The van der Waals surface area contributed by atoms with Gasteiger partial charge < -0.3 is 5.73 Å². The van der Waals surface area contributed by atoms with E-state index in [0.717, 1.165) is 6.07 Å². The van der Waals surface area contributed by atoms with Crippen molar-refractivity contribution in [3.8, 4) is 0 Å². The molecule has 3 N–H and O–H groups in total. The van der Waals surface area contributed by atoms with E-state index in [4.69, 9.17) is 17.3 Å². The number of nitrogens with zero attached hydrogens (tertiary/aromatic N) is 1. The lowest BCUT2D eigenvalue weighted by atomic mass is 10.2. The highest BCUT2D eigenvalue weighted by atomic mass is 35.5. The quantitative estimate of drug-likeness (QED) is 0.637. The number of anilines is 1. The lowest BCUT2D eigenvalue weighted by Gasteiger charge is -2.09. The molecule has 112 valence electrons. The first-order valence-corrected chi connectivity index (χ1v) is 8.27. The molecular formula is C11H10ClN3O4S2. The monoisotopic (exact) mass is 347 g/mol. The molecule has 21 heavy (non-hydrogen) atoms. The molecule has 1 aromatic carbocycles. The number of thiophene rings is 1. The van der Waals surface area contributed by atoms with Crippen molar-refractivity contribution in [3.63, 3.8) is 0 Å². The van der Waals surface area contributed by atoms with Crippen molar-refractivity contribution < 1.29 is 13.3 Å². The number of nitrogens with two attached hydrogens (primary N) is 1. The Hall–Kier alpha value is -1.68. The predicted octanol–water partition coefficient (Wildman–Crippen LogP) is 2.57. The average molecular weight is 348 g/mol. The molecule has 0 unspecified atom stereocenters. The number of hydrogen-bond acceptors (Lipinski definition) is 6. The van der Waals surface area contributed by atoms with Crippen LogP contribution in [-0.2, 0) is 16.6 Å². The zero-order chi connectivity index (χ0) is 15.6. The predicted molar refractivity (Wildman–Crippen MR) is 81.1 cm³/mol. The summed E-state index contributed by atoms with van der Waals surface area (Å²) in [7, 11) is -3.96. The number of nitro groups is 1. The number of para-hydroxylation sites is 1. The number of sulfonamides is 1. The average Bonchev–Trinajstić information content (AvgIpc) is 2.82. The number of hydrogen-bond donors (Lipinski definition) is 2. The summed E-state index contributed by atoms with van der Waals surface area (Å²) in [6.45, 7) is 0.157. The van der Waals surface area contributed by atoms with Crippen LogP contribution in [0.5, 0.6) is 0 Å². The second-order valence-corrected chi connectivity index (χ2v) is 7.51. The molecule has 0 amide bonds. The van der Waals surface area contributed by atoms with Crippen LogP contribution in [0.4, 0.5) is 11.4 Å². The molecule has 2 rings (SSSR count). The normalized spacial score (nSPS) is 11.3. The van der Waals surface area contributed by atoms with E-state index < -0.39 is 20.6 Å². The summed E-state index contributed by atoms with van der Waals surface area (Å²) in [6, 6.07) is 7.55. The smallest absolute Gasteiger partial charge is 0.300 e. The van der Waals surface area contributed by atoms with E-state index in [1.165, 1.54) is 0 Å². The lowest BCUT2D eigenvalue weighted by molar-refractivity contribution is -0.384. The topological polar surface area (TPSA) is 115 Å². The number of rotatable bonds is 5. The van der Waals surface area contributed by atoms with Gasteiger partial charge >= 0.3 is 0 Å². The fourth-order valence-corrected chi connectivity index (χ4v) is 4.35. The Morgan fingerprint density at radius 2 is 2.05 bits per heavy atom. The molecule has 0 fully saturated rings. The molecule has 0 bridgehead atoms. The van der Waals surface area contributed by atoms with Crippen molar-refractivity contribution in [1.82, 2.24) is 0 Å². The molecule has 0 aliphatic carbocycles. The lowest BCUT2D eigenvalue weighted by Crippen LogP contribution is -2.14. The Morgan fingerprint density at radius 1 is 1.38 bits per heavy atom. The van der Waals surface area contributed by atoms with Crippen molar-refractivity contribution in [3.05, 3.63) is 50.3 Å². The van der Waals surface area contributed by atoms with Crippen LogP contribution in [0.2, 0.25) is 4.34 Å². The maximum atomic E-state index is 12.2. The zero-order valence-corrected chi connectivity index (χ0v) is 12.8. The Morgan fingerprint density at radius 3 is 2.62 bits per heavy atom. The van der Waals surface area contributed by atoms with Crippen LogP contribution in [0, 0.1) is 10.1 Å². The second-order valence-electron chi connectivity index (χ2n) is 3.95. The van der Waals surface area contributed by atoms with Gasteiger partial charge in [-0.25, -0.2) is 8.42 Å². The third kappa shape index (κ3) is 3.32. The van der Waals surface area contributed by atoms with Crippen molar-refractivity contribution in [2.45, 2.75) is 10.8 Å². The molecule has 1 heterocycles. The van der Waals surface area contributed by atoms with Crippen LogP contribution in [0.25, 0.3) is 0 Å². The first-order chi connectivity index (χ1) is 9.85. The molecule has 1 aromatic heterocycles. The highest BCUT2D eigenvalue weighted by Crippen LogP contribution is 2.37. The first kappa shape index (κ1) is 15.7. The third-order valence-corrected chi connectivity index (χ3v) is 5.77. The van der Waals surface area contributed by atoms with E-state index in [1.54, 1.807) is 24.3 Å². The molecule has 10 heteroatoms. The molecular weight excluding hydrogens is 338 g/mol. The van der Waals surface area contributed by atoms with Crippen LogP contribution >= 0.6 is 22.9 Å². The van der Waals surface area contributed by atoms with Crippen molar-refractivity contribution in [2.75, 3.05) is 4.72 Å². The van der Waals surface area contributed by atoms with E-state index >= 15 is 0 Å². The summed E-state index contributed by atoms with van der Waals surface area (Å²) in [4.78, 5) is 9.99. The van der Waals surface area contributed by atoms with Gasteiger partial charge in [0.15, 0.2) is 4.34 Å². The third-order valence-electron chi connectivity index (χ3n) is 2.59. The Labute approximate surface area is 129 Å². The number of halogens is 1. The van der Waals surface area contributed by atoms with Crippen molar-refractivity contribution in [1.29, 1.82) is 0 Å². The highest BCUT2D eigenvalue weighted by molar-refractivity contribution is 7.94. The molecule has 0 aliphatic heterocycles. The number of benzene rings is 1. The van der Waals surface area contributed by atoms with Crippen LogP contribution < -0.4 is 10.5 Å². The minimum Gasteiger partial charge on any atom is -0.326 e. The van der Waals surface area contributed by atoms with Crippen LogP contribution in [-0.4, -0.2) is 13.3 Å². The highest BCUT2D eigenvalue weighted by Gasteiger charge is 2.25. The summed E-state index contributed by atoms with van der Waals surface area (Å²) in [5.74, 6) is 0. The van der Waals surface area contributed by atoms with Gasteiger partial charge in [0.25, 0.3) is 15.7 Å². The Kier molecular flexibility index (Phi) is 4.47. The standard InChI is InChI=1S/C11H10ClN3O4S2/c12-11-9(15(16)17)5-10(20-11)21(18,19)14-8-4-2-1-3-7(8)6-13/h1-5,14H,6,13H2. The SMILES string of the molecule is NCc1ccccc1NS(=O)(=O)c1cc([N+](=O)[O-])c(Cl)s1. The van der Waals surface area contributed by atoms with Crippen molar-refractivity contribution in [2.24, 2.45) is 5.73 Å². The summed E-state index contributed by atoms with van der Waals surface area (Å²) < 4.78 is 26.4. The van der Waals surface area contributed by atoms with Gasteiger partial charge in [-0.3, -0.25) is 14.8 Å². The minimum absolute atomic E-state index is 0.157. The van der Waals surface area contributed by atoms with Gasteiger partial charge in [0.1, 0.15) is 4.21 Å². The number of nitrogens with one attached hydrogen (secondary N) is 1. The summed E-state index contributed by atoms with van der Waals surface area (Å²) in [6.07, 6.45) is 0. The maximum Gasteiger partial charge on any atom is 0.300 e. The molecule has 0 spiro atoms. The molecule has 7 nitrogen and oxygen atoms in total. The zero-order valence-electron chi connectivity index (χ0n) is 10.4. The second kappa shape index (κ2) is 5.98. The van der Waals surface area contributed by atoms with Gasteiger partial charge in [0.05, 0.1) is 10.6 Å². The summed E-state index contributed by atoms with van der Waals surface area (Å²) in [5, 5.41) is 10.7. The fourth-order valence-electron chi connectivity index (χ4n) is 1.59. The molecule has 0 aliphatic rings. The van der Waals surface area contributed by atoms with Crippen LogP contribution in [0.1, 0.15) is 5.56 Å². The largest absolute Gasteiger partial charge is 0.326 e. The summed E-state index contributed by atoms with van der Waals surface area (Å²) in [5.41, 5.74) is 6.03. The van der Waals surface area contributed by atoms with Crippen LogP contribution in [0.3, 0.4) is 0 Å². The van der Waals surface area contributed by atoms with E-state index in [1.807, 2.05) is 0 Å². The molecule has 0 atom stereocenters. The molecule has 2 aromatic rings. The molecule has 0 saturated carbocycles. The van der Waals surface area contributed by atoms with Gasteiger partial charge in [-0.15, -0.1) is 11.3 Å². The van der Waals surface area contributed by atoms with Crippen molar-refractivity contribution >= 4 is 44.3 Å². The van der Waals surface area contributed by atoms with E-state index in [2.05, 4.69) is 4.72 Å². The van der Waals surface area contributed by atoms with Gasteiger partial charge in [-0.05, 0) is 11.6 Å².